The lowest BCUT2D eigenvalue weighted by Crippen LogP contribution is -2.13. The van der Waals surface area contributed by atoms with Crippen LogP contribution in [0.2, 0.25) is 0 Å². The highest BCUT2D eigenvalue weighted by Gasteiger charge is 1.93. The molecular formula is C15H32O6. The van der Waals surface area contributed by atoms with Crippen molar-refractivity contribution in [1.82, 2.24) is 0 Å². The minimum absolute atomic E-state index is 0.577. The Hall–Kier alpha value is -0.240. The summed E-state index contributed by atoms with van der Waals surface area (Å²) in [5, 5.41) is 0. The largest absolute Gasteiger partial charge is 0.382 e. The van der Waals surface area contributed by atoms with Crippen molar-refractivity contribution in [3.05, 3.63) is 0 Å². The maximum atomic E-state index is 5.38. The van der Waals surface area contributed by atoms with Crippen LogP contribution in [0, 0.1) is 0 Å². The van der Waals surface area contributed by atoms with Crippen LogP contribution in [0.5, 0.6) is 0 Å². The average molecular weight is 308 g/mol. The number of hydrogen-bond donors (Lipinski definition) is 0. The molecule has 0 spiro atoms. The molecule has 0 saturated heterocycles. The molecule has 0 unspecified atom stereocenters. The van der Waals surface area contributed by atoms with Crippen molar-refractivity contribution < 1.29 is 28.4 Å². The van der Waals surface area contributed by atoms with Gasteiger partial charge in [0.1, 0.15) is 0 Å². The number of hydrogen-bond acceptors (Lipinski definition) is 6. The van der Waals surface area contributed by atoms with E-state index in [9.17, 15) is 0 Å². The van der Waals surface area contributed by atoms with Gasteiger partial charge in [0.25, 0.3) is 0 Å². The lowest BCUT2D eigenvalue weighted by Gasteiger charge is -2.07. The maximum absolute atomic E-state index is 5.38. The van der Waals surface area contributed by atoms with Crippen LogP contribution in [0.1, 0.15) is 19.8 Å². The SMILES string of the molecule is CCCCOCCOCCOCCOCCOCCOC. The monoisotopic (exact) mass is 308 g/mol. The molecule has 0 aliphatic rings. The Kier molecular flexibility index (Phi) is 19.5. The normalized spacial score (nSPS) is 11.1. The number of methoxy groups -OCH3 is 1. The first kappa shape index (κ1) is 20.8. The van der Waals surface area contributed by atoms with Crippen molar-refractivity contribution in [2.75, 3.05) is 79.8 Å². The van der Waals surface area contributed by atoms with Crippen molar-refractivity contribution in [3.63, 3.8) is 0 Å². The molecule has 0 aromatic carbocycles. The average Bonchev–Trinajstić information content (AvgIpc) is 2.50. The fraction of sp³-hybridized carbons (Fsp3) is 1.00. The van der Waals surface area contributed by atoms with Crippen molar-refractivity contribution in [2.24, 2.45) is 0 Å². The highest BCUT2D eigenvalue weighted by atomic mass is 16.6. The zero-order valence-corrected chi connectivity index (χ0v) is 13.6. The Morgan fingerprint density at radius 3 is 1.14 bits per heavy atom. The molecule has 0 rings (SSSR count). The van der Waals surface area contributed by atoms with Gasteiger partial charge in [-0.05, 0) is 6.42 Å². The Morgan fingerprint density at radius 2 is 0.810 bits per heavy atom. The van der Waals surface area contributed by atoms with E-state index in [4.69, 9.17) is 28.4 Å². The Morgan fingerprint density at radius 1 is 0.476 bits per heavy atom. The highest BCUT2D eigenvalue weighted by molar-refractivity contribution is 4.36. The summed E-state index contributed by atoms with van der Waals surface area (Å²) in [6.45, 7) is 8.99. The molecule has 0 bridgehead atoms. The summed E-state index contributed by atoms with van der Waals surface area (Å²) < 4.78 is 31.6. The Balaban J connectivity index is 2.90. The molecule has 0 aliphatic heterocycles. The van der Waals surface area contributed by atoms with Gasteiger partial charge in [0.05, 0.1) is 66.1 Å². The van der Waals surface area contributed by atoms with Gasteiger partial charge >= 0.3 is 0 Å². The smallest absolute Gasteiger partial charge is 0.0701 e. The first-order valence-electron chi connectivity index (χ1n) is 7.79. The Bertz CT molecular complexity index is 162. The summed E-state index contributed by atoms with van der Waals surface area (Å²) >= 11 is 0. The van der Waals surface area contributed by atoms with E-state index < -0.39 is 0 Å². The second-order valence-corrected chi connectivity index (χ2v) is 4.41. The van der Waals surface area contributed by atoms with Gasteiger partial charge in [-0.1, -0.05) is 13.3 Å². The summed E-state index contributed by atoms with van der Waals surface area (Å²) in [7, 11) is 1.65. The number of unbranched alkanes of at least 4 members (excludes halogenated alkanes) is 1. The van der Waals surface area contributed by atoms with Crippen LogP contribution >= 0.6 is 0 Å². The summed E-state index contributed by atoms with van der Waals surface area (Å²) in [6, 6.07) is 0. The fourth-order valence-corrected chi connectivity index (χ4v) is 1.37. The maximum Gasteiger partial charge on any atom is 0.0701 e. The molecule has 6 nitrogen and oxygen atoms in total. The van der Waals surface area contributed by atoms with Crippen molar-refractivity contribution in [1.29, 1.82) is 0 Å². The predicted molar refractivity (Wildman–Crippen MR) is 80.9 cm³/mol. The molecule has 128 valence electrons. The van der Waals surface area contributed by atoms with E-state index in [0.717, 1.165) is 19.4 Å². The van der Waals surface area contributed by atoms with Crippen LogP contribution < -0.4 is 0 Å². The van der Waals surface area contributed by atoms with E-state index in [2.05, 4.69) is 6.92 Å². The zero-order valence-electron chi connectivity index (χ0n) is 13.6. The van der Waals surface area contributed by atoms with E-state index in [1.54, 1.807) is 7.11 Å². The zero-order chi connectivity index (χ0) is 15.4. The quantitative estimate of drug-likeness (QED) is 0.358. The van der Waals surface area contributed by atoms with Crippen LogP contribution in [0.3, 0.4) is 0 Å². The van der Waals surface area contributed by atoms with Gasteiger partial charge in [-0.2, -0.15) is 0 Å². The molecule has 0 N–H and O–H groups in total. The van der Waals surface area contributed by atoms with Crippen molar-refractivity contribution in [2.45, 2.75) is 19.8 Å². The third-order valence-corrected chi connectivity index (χ3v) is 2.56. The lowest BCUT2D eigenvalue weighted by molar-refractivity contribution is -0.0147. The summed E-state index contributed by atoms with van der Waals surface area (Å²) in [4.78, 5) is 0. The number of ether oxygens (including phenoxy) is 6. The molecule has 0 heterocycles. The van der Waals surface area contributed by atoms with Crippen LogP contribution in [0.4, 0.5) is 0 Å². The highest BCUT2D eigenvalue weighted by Crippen LogP contribution is 1.88. The van der Waals surface area contributed by atoms with Crippen LogP contribution in [-0.4, -0.2) is 79.8 Å². The molecule has 0 saturated carbocycles. The molecule has 0 atom stereocenters. The van der Waals surface area contributed by atoms with Gasteiger partial charge in [0.15, 0.2) is 0 Å². The molecule has 0 aromatic heterocycles. The van der Waals surface area contributed by atoms with E-state index in [1.807, 2.05) is 0 Å². The minimum atomic E-state index is 0.577. The predicted octanol–water partition coefficient (Wildman–Crippen LogP) is 1.52. The van der Waals surface area contributed by atoms with Crippen LogP contribution in [-0.2, 0) is 28.4 Å². The van der Waals surface area contributed by atoms with Gasteiger partial charge in [-0.15, -0.1) is 0 Å². The van der Waals surface area contributed by atoms with Crippen molar-refractivity contribution >= 4 is 0 Å². The third kappa shape index (κ3) is 19.8. The molecule has 21 heavy (non-hydrogen) atoms. The lowest BCUT2D eigenvalue weighted by atomic mass is 10.4. The van der Waals surface area contributed by atoms with Crippen LogP contribution in [0.15, 0.2) is 0 Å². The fourth-order valence-electron chi connectivity index (χ4n) is 1.37. The molecule has 6 heteroatoms. The topological polar surface area (TPSA) is 55.4 Å². The van der Waals surface area contributed by atoms with E-state index >= 15 is 0 Å². The standard InChI is InChI=1S/C15H32O6/c1-3-4-5-17-8-9-19-12-13-21-15-14-20-11-10-18-7-6-16-2/h3-15H2,1-2H3. The molecule has 0 radical (unpaired) electrons. The third-order valence-electron chi connectivity index (χ3n) is 2.56. The minimum Gasteiger partial charge on any atom is -0.382 e. The molecule has 0 aromatic rings. The first-order valence-corrected chi connectivity index (χ1v) is 7.79. The van der Waals surface area contributed by atoms with Crippen molar-refractivity contribution in [3.8, 4) is 0 Å². The van der Waals surface area contributed by atoms with Crippen LogP contribution in [0.25, 0.3) is 0 Å². The van der Waals surface area contributed by atoms with Gasteiger partial charge in [0.2, 0.25) is 0 Å². The Labute approximate surface area is 129 Å². The summed E-state index contributed by atoms with van der Waals surface area (Å²) in [5.74, 6) is 0. The van der Waals surface area contributed by atoms with Gasteiger partial charge < -0.3 is 28.4 Å². The van der Waals surface area contributed by atoms with E-state index in [0.29, 0.717) is 66.1 Å². The summed E-state index contributed by atoms with van der Waals surface area (Å²) in [5.41, 5.74) is 0. The van der Waals surface area contributed by atoms with E-state index in [-0.39, 0.29) is 0 Å². The number of rotatable bonds is 18. The molecular weight excluding hydrogens is 276 g/mol. The van der Waals surface area contributed by atoms with Gasteiger partial charge in [-0.25, -0.2) is 0 Å². The second kappa shape index (κ2) is 19.8. The van der Waals surface area contributed by atoms with Gasteiger partial charge in [0, 0.05) is 13.7 Å². The van der Waals surface area contributed by atoms with Gasteiger partial charge in [-0.3, -0.25) is 0 Å². The summed E-state index contributed by atoms with van der Waals surface area (Å²) in [6.07, 6.45) is 2.27. The second-order valence-electron chi connectivity index (χ2n) is 4.41. The molecule has 0 fully saturated rings. The first-order chi connectivity index (χ1) is 10.4. The molecule has 0 amide bonds. The van der Waals surface area contributed by atoms with E-state index in [1.165, 1.54) is 0 Å². The molecule has 0 aliphatic carbocycles.